The molecule has 0 atom stereocenters. The molecular weight excluding hydrogens is 378 g/mol. The van der Waals surface area contributed by atoms with Crippen LogP contribution < -0.4 is 9.47 Å². The number of rotatable bonds is 7. The molecule has 0 saturated heterocycles. The fourth-order valence-corrected chi connectivity index (χ4v) is 4.36. The minimum atomic E-state index is 0.531. The minimum absolute atomic E-state index is 0.531. The highest BCUT2D eigenvalue weighted by Gasteiger charge is 2.19. The second-order valence-corrected chi connectivity index (χ2v) is 7.84. The van der Waals surface area contributed by atoms with Gasteiger partial charge in [0.15, 0.2) is 11.5 Å². The molecule has 3 nitrogen and oxygen atoms in total. The van der Waals surface area contributed by atoms with Crippen molar-refractivity contribution in [2.24, 2.45) is 4.99 Å². The first-order valence-electron chi connectivity index (χ1n) is 10.0. The van der Waals surface area contributed by atoms with E-state index in [-0.39, 0.29) is 0 Å². The first kappa shape index (κ1) is 19.6. The van der Waals surface area contributed by atoms with E-state index < -0.39 is 0 Å². The lowest BCUT2D eigenvalue weighted by atomic mass is 10.0. The van der Waals surface area contributed by atoms with E-state index in [1.54, 1.807) is 11.8 Å². The molecule has 29 heavy (non-hydrogen) atoms. The highest BCUT2D eigenvalue weighted by molar-refractivity contribution is 8.13. The van der Waals surface area contributed by atoms with Crippen LogP contribution in [0.5, 0.6) is 11.5 Å². The van der Waals surface area contributed by atoms with Crippen molar-refractivity contribution in [3.63, 3.8) is 0 Å². The van der Waals surface area contributed by atoms with Crippen molar-refractivity contribution in [1.82, 2.24) is 0 Å². The highest BCUT2D eigenvalue weighted by Crippen LogP contribution is 2.36. The average Bonchev–Trinajstić information content (AvgIpc) is 2.78. The summed E-state index contributed by atoms with van der Waals surface area (Å²) in [6.07, 6.45) is 0.929. The Bertz CT molecular complexity index is 971. The summed E-state index contributed by atoms with van der Waals surface area (Å²) in [6, 6.07) is 25.0. The lowest BCUT2D eigenvalue weighted by molar-refractivity contribution is 0.269. The number of fused-ring (bicyclic) bond motifs is 1. The number of aliphatic imine (C=N–C) groups is 1. The molecule has 0 bridgehead atoms. The Morgan fingerprint density at radius 2 is 1.55 bits per heavy atom. The standard InChI is InChI=1S/C25H25NO2S/c1-2-27-24-16-22-21(15-23(24)28-17-19-9-5-3-6-10-19)13-14-26-25(22)29-18-20-11-7-4-8-12-20/h3-12,15-16H,2,13-14,17-18H2,1H3. The molecular formula is C25H25NO2S. The third-order valence-corrected chi connectivity index (χ3v) is 5.89. The van der Waals surface area contributed by atoms with E-state index in [0.717, 1.165) is 40.8 Å². The van der Waals surface area contributed by atoms with Crippen LogP contribution in [0.1, 0.15) is 29.2 Å². The van der Waals surface area contributed by atoms with Gasteiger partial charge in [0.2, 0.25) is 0 Å². The Balaban J connectivity index is 1.54. The molecule has 0 amide bonds. The lowest BCUT2D eigenvalue weighted by Gasteiger charge is -2.20. The molecule has 0 radical (unpaired) electrons. The first-order valence-corrected chi connectivity index (χ1v) is 11.0. The van der Waals surface area contributed by atoms with Gasteiger partial charge in [0, 0.05) is 17.9 Å². The third-order valence-electron chi connectivity index (χ3n) is 4.79. The van der Waals surface area contributed by atoms with Crippen molar-refractivity contribution < 1.29 is 9.47 Å². The topological polar surface area (TPSA) is 30.8 Å². The van der Waals surface area contributed by atoms with Gasteiger partial charge in [-0.05, 0) is 42.2 Å². The largest absolute Gasteiger partial charge is 0.490 e. The van der Waals surface area contributed by atoms with Gasteiger partial charge in [-0.1, -0.05) is 60.7 Å². The van der Waals surface area contributed by atoms with E-state index in [0.29, 0.717) is 13.2 Å². The first-order chi connectivity index (χ1) is 14.3. The number of benzene rings is 3. The van der Waals surface area contributed by atoms with E-state index in [1.165, 1.54) is 16.7 Å². The maximum atomic E-state index is 6.13. The van der Waals surface area contributed by atoms with Crippen LogP contribution in [-0.4, -0.2) is 18.2 Å². The van der Waals surface area contributed by atoms with Gasteiger partial charge in [-0.15, -0.1) is 11.8 Å². The van der Waals surface area contributed by atoms with E-state index in [9.17, 15) is 0 Å². The average molecular weight is 404 g/mol. The zero-order valence-corrected chi connectivity index (χ0v) is 17.5. The molecule has 1 aliphatic rings. The van der Waals surface area contributed by atoms with Gasteiger partial charge in [0.05, 0.1) is 11.7 Å². The van der Waals surface area contributed by atoms with Crippen LogP contribution in [0, 0.1) is 0 Å². The van der Waals surface area contributed by atoms with Gasteiger partial charge in [-0.3, -0.25) is 4.99 Å². The maximum Gasteiger partial charge on any atom is 0.162 e. The van der Waals surface area contributed by atoms with Crippen molar-refractivity contribution in [3.05, 3.63) is 95.1 Å². The summed E-state index contributed by atoms with van der Waals surface area (Å²) in [4.78, 5) is 4.79. The third kappa shape index (κ3) is 5.01. The van der Waals surface area contributed by atoms with Crippen molar-refractivity contribution in [2.75, 3.05) is 13.2 Å². The number of hydrogen-bond donors (Lipinski definition) is 0. The molecule has 0 spiro atoms. The molecule has 0 aromatic heterocycles. The van der Waals surface area contributed by atoms with E-state index in [2.05, 4.69) is 48.5 Å². The van der Waals surface area contributed by atoms with Crippen molar-refractivity contribution in [1.29, 1.82) is 0 Å². The summed E-state index contributed by atoms with van der Waals surface area (Å²) in [7, 11) is 0. The number of thioether (sulfide) groups is 1. The van der Waals surface area contributed by atoms with E-state index in [1.807, 2.05) is 31.2 Å². The van der Waals surface area contributed by atoms with Gasteiger partial charge < -0.3 is 9.47 Å². The van der Waals surface area contributed by atoms with E-state index >= 15 is 0 Å². The van der Waals surface area contributed by atoms with Crippen molar-refractivity contribution in [3.8, 4) is 11.5 Å². The molecule has 1 aliphatic heterocycles. The quantitative estimate of drug-likeness (QED) is 0.492. The molecule has 4 heteroatoms. The fraction of sp³-hybridized carbons (Fsp3) is 0.240. The monoisotopic (exact) mass is 403 g/mol. The Morgan fingerprint density at radius 1 is 0.862 bits per heavy atom. The molecule has 0 fully saturated rings. The van der Waals surface area contributed by atoms with Crippen LogP contribution in [-0.2, 0) is 18.8 Å². The van der Waals surface area contributed by atoms with Gasteiger partial charge >= 0.3 is 0 Å². The summed E-state index contributed by atoms with van der Waals surface area (Å²) >= 11 is 1.79. The van der Waals surface area contributed by atoms with Crippen LogP contribution in [0.25, 0.3) is 0 Å². The zero-order valence-electron chi connectivity index (χ0n) is 16.6. The molecule has 3 aromatic rings. The summed E-state index contributed by atoms with van der Waals surface area (Å²) < 4.78 is 12.0. The van der Waals surface area contributed by atoms with Crippen LogP contribution >= 0.6 is 11.8 Å². The smallest absolute Gasteiger partial charge is 0.162 e. The van der Waals surface area contributed by atoms with Gasteiger partial charge in [-0.2, -0.15) is 0 Å². The van der Waals surface area contributed by atoms with Gasteiger partial charge in [0.25, 0.3) is 0 Å². The molecule has 0 unspecified atom stereocenters. The lowest BCUT2D eigenvalue weighted by Crippen LogP contribution is -2.12. The number of hydrogen-bond acceptors (Lipinski definition) is 4. The molecule has 0 N–H and O–H groups in total. The van der Waals surface area contributed by atoms with Crippen LogP contribution in [0.3, 0.4) is 0 Å². The Kier molecular flexibility index (Phi) is 6.52. The van der Waals surface area contributed by atoms with Crippen LogP contribution in [0.15, 0.2) is 77.8 Å². The minimum Gasteiger partial charge on any atom is -0.490 e. The summed E-state index contributed by atoms with van der Waals surface area (Å²) in [5.74, 6) is 2.51. The van der Waals surface area contributed by atoms with Crippen LogP contribution in [0.4, 0.5) is 0 Å². The Hall–Kier alpha value is -2.72. The Morgan fingerprint density at radius 3 is 2.28 bits per heavy atom. The van der Waals surface area contributed by atoms with Crippen molar-refractivity contribution in [2.45, 2.75) is 25.7 Å². The molecule has 1 heterocycles. The number of nitrogens with zero attached hydrogens (tertiary/aromatic N) is 1. The maximum absolute atomic E-state index is 6.13. The van der Waals surface area contributed by atoms with Gasteiger partial charge in [-0.25, -0.2) is 0 Å². The van der Waals surface area contributed by atoms with E-state index in [4.69, 9.17) is 14.5 Å². The summed E-state index contributed by atoms with van der Waals surface area (Å²) in [6.45, 7) is 3.95. The molecule has 4 rings (SSSR count). The predicted molar refractivity (Wildman–Crippen MR) is 121 cm³/mol. The summed E-state index contributed by atoms with van der Waals surface area (Å²) in [5, 5.41) is 1.09. The molecule has 148 valence electrons. The normalized spacial score (nSPS) is 12.8. The van der Waals surface area contributed by atoms with Crippen molar-refractivity contribution >= 4 is 16.8 Å². The van der Waals surface area contributed by atoms with Gasteiger partial charge in [0.1, 0.15) is 6.61 Å². The molecule has 0 aliphatic carbocycles. The Labute approximate surface area is 176 Å². The second-order valence-electron chi connectivity index (χ2n) is 6.87. The summed E-state index contributed by atoms with van der Waals surface area (Å²) in [5.41, 5.74) is 4.91. The van der Waals surface area contributed by atoms with Crippen LogP contribution in [0.2, 0.25) is 0 Å². The molecule has 3 aromatic carbocycles. The molecule has 0 saturated carbocycles. The fourth-order valence-electron chi connectivity index (χ4n) is 3.34. The zero-order chi connectivity index (χ0) is 19.9. The highest BCUT2D eigenvalue weighted by atomic mass is 32.2. The number of ether oxygens (including phenoxy) is 2. The second kappa shape index (κ2) is 9.66. The predicted octanol–water partition coefficient (Wildman–Crippen LogP) is 5.90. The SMILES string of the molecule is CCOc1cc2c(cc1OCc1ccccc1)CCN=C2SCc1ccccc1.